The molecule has 156 valence electrons. The van der Waals surface area contributed by atoms with E-state index in [4.69, 9.17) is 4.74 Å². The number of rotatable bonds is 6. The van der Waals surface area contributed by atoms with Gasteiger partial charge in [-0.2, -0.15) is 9.49 Å². The van der Waals surface area contributed by atoms with E-state index >= 15 is 0 Å². The fourth-order valence-corrected chi connectivity index (χ4v) is 4.12. The summed E-state index contributed by atoms with van der Waals surface area (Å²) in [6.45, 7) is 0.984. The SMILES string of the molecule is O=C(O)c1cc2c(nc(Cn3ncc(-c4cccc(F)n4)cc3=O)n2CC2=CCO2)s1. The molecule has 0 fully saturated rings. The van der Waals surface area contributed by atoms with E-state index in [1.807, 2.05) is 10.6 Å². The highest BCUT2D eigenvalue weighted by Crippen LogP contribution is 2.28. The molecule has 31 heavy (non-hydrogen) atoms. The predicted octanol–water partition coefficient (Wildman–Crippen LogP) is 2.52. The van der Waals surface area contributed by atoms with Crippen LogP contribution >= 0.6 is 11.3 Å². The Morgan fingerprint density at radius 1 is 1.26 bits per heavy atom. The van der Waals surface area contributed by atoms with Gasteiger partial charge in [0, 0.05) is 11.6 Å². The first kappa shape index (κ1) is 19.1. The van der Waals surface area contributed by atoms with Crippen LogP contribution in [-0.2, 0) is 17.8 Å². The third kappa shape index (κ3) is 3.59. The van der Waals surface area contributed by atoms with Crippen LogP contribution in [0.25, 0.3) is 21.6 Å². The van der Waals surface area contributed by atoms with Gasteiger partial charge in [0.2, 0.25) is 5.95 Å². The Morgan fingerprint density at radius 3 is 2.77 bits per heavy atom. The van der Waals surface area contributed by atoms with Crippen molar-refractivity contribution in [3.8, 4) is 11.3 Å². The van der Waals surface area contributed by atoms with E-state index in [2.05, 4.69) is 15.1 Å². The number of imidazole rings is 1. The van der Waals surface area contributed by atoms with Crippen LogP contribution in [-0.4, -0.2) is 42.0 Å². The number of hydrogen-bond acceptors (Lipinski definition) is 7. The smallest absolute Gasteiger partial charge is 0.346 e. The minimum Gasteiger partial charge on any atom is -0.492 e. The predicted molar refractivity (Wildman–Crippen MR) is 109 cm³/mol. The lowest BCUT2D eigenvalue weighted by atomic mass is 10.2. The molecule has 0 radical (unpaired) electrons. The van der Waals surface area contributed by atoms with E-state index in [-0.39, 0.29) is 11.4 Å². The quantitative estimate of drug-likeness (QED) is 0.460. The highest BCUT2D eigenvalue weighted by atomic mass is 32.1. The van der Waals surface area contributed by atoms with Crippen LogP contribution in [0.4, 0.5) is 4.39 Å². The minimum absolute atomic E-state index is 0.0762. The van der Waals surface area contributed by atoms with Gasteiger partial charge < -0.3 is 14.4 Å². The second-order valence-electron chi connectivity index (χ2n) is 6.79. The number of nitrogens with zero attached hydrogens (tertiary/aromatic N) is 5. The molecule has 5 heterocycles. The number of allylic oxidation sites excluding steroid dienone is 1. The summed E-state index contributed by atoms with van der Waals surface area (Å²) < 4.78 is 21.8. The second kappa shape index (κ2) is 7.43. The Balaban J connectivity index is 1.51. The second-order valence-corrected chi connectivity index (χ2v) is 7.82. The molecule has 5 rings (SSSR count). The van der Waals surface area contributed by atoms with Crippen molar-refractivity contribution < 1.29 is 19.0 Å². The number of carboxylic acid groups (broad SMARTS) is 1. The normalized spacial score (nSPS) is 13.0. The first-order valence-corrected chi connectivity index (χ1v) is 10.0. The van der Waals surface area contributed by atoms with Gasteiger partial charge >= 0.3 is 5.97 Å². The van der Waals surface area contributed by atoms with Crippen molar-refractivity contribution >= 4 is 27.7 Å². The molecule has 0 aromatic carbocycles. The van der Waals surface area contributed by atoms with Crippen LogP contribution in [0.2, 0.25) is 0 Å². The number of halogens is 1. The Bertz CT molecular complexity index is 1420. The Hall–Kier alpha value is -3.86. The summed E-state index contributed by atoms with van der Waals surface area (Å²) in [5.74, 6) is -0.371. The molecule has 0 saturated heterocycles. The van der Waals surface area contributed by atoms with Crippen molar-refractivity contribution in [3.05, 3.63) is 75.4 Å². The van der Waals surface area contributed by atoms with E-state index in [1.165, 1.54) is 29.1 Å². The number of thiophene rings is 1. The van der Waals surface area contributed by atoms with Crippen LogP contribution in [0.1, 0.15) is 15.5 Å². The van der Waals surface area contributed by atoms with Crippen LogP contribution in [0.15, 0.2) is 53.2 Å². The molecule has 0 bridgehead atoms. The molecule has 0 atom stereocenters. The van der Waals surface area contributed by atoms with Crippen molar-refractivity contribution in [1.82, 2.24) is 24.3 Å². The number of fused-ring (bicyclic) bond motifs is 1. The van der Waals surface area contributed by atoms with Gasteiger partial charge in [0.25, 0.3) is 5.56 Å². The number of hydrogen-bond donors (Lipinski definition) is 1. The summed E-state index contributed by atoms with van der Waals surface area (Å²) >= 11 is 1.07. The van der Waals surface area contributed by atoms with Gasteiger partial charge in [0.1, 0.15) is 34.4 Å². The van der Waals surface area contributed by atoms with E-state index in [1.54, 1.807) is 12.1 Å². The van der Waals surface area contributed by atoms with E-state index < -0.39 is 17.5 Å². The molecule has 11 heteroatoms. The molecule has 0 amide bonds. The number of pyridine rings is 1. The van der Waals surface area contributed by atoms with Crippen LogP contribution in [0, 0.1) is 5.95 Å². The Morgan fingerprint density at radius 2 is 2.10 bits per heavy atom. The van der Waals surface area contributed by atoms with Crippen molar-refractivity contribution in [2.24, 2.45) is 0 Å². The Labute approximate surface area is 177 Å². The molecule has 4 aromatic rings. The maximum Gasteiger partial charge on any atom is 0.346 e. The zero-order chi connectivity index (χ0) is 21.5. The molecule has 1 N–H and O–H groups in total. The summed E-state index contributed by atoms with van der Waals surface area (Å²) in [5, 5.41) is 13.5. The highest BCUT2D eigenvalue weighted by molar-refractivity contribution is 7.20. The number of ether oxygens (including phenoxy) is 1. The summed E-state index contributed by atoms with van der Waals surface area (Å²) in [7, 11) is 0. The third-order valence-corrected chi connectivity index (χ3v) is 5.81. The monoisotopic (exact) mass is 439 g/mol. The zero-order valence-corrected chi connectivity index (χ0v) is 16.7. The topological polar surface area (TPSA) is 112 Å². The molecule has 0 saturated carbocycles. The largest absolute Gasteiger partial charge is 0.492 e. The van der Waals surface area contributed by atoms with E-state index in [0.717, 1.165) is 17.1 Å². The minimum atomic E-state index is -1.02. The molecule has 0 aliphatic carbocycles. The van der Waals surface area contributed by atoms with Gasteiger partial charge in [0.05, 0.1) is 24.0 Å². The van der Waals surface area contributed by atoms with E-state index in [9.17, 15) is 19.1 Å². The summed E-state index contributed by atoms with van der Waals surface area (Å²) in [5.41, 5.74) is 0.979. The molecule has 1 aliphatic heterocycles. The lowest BCUT2D eigenvalue weighted by Gasteiger charge is -2.18. The zero-order valence-electron chi connectivity index (χ0n) is 15.9. The maximum absolute atomic E-state index is 13.4. The fourth-order valence-electron chi connectivity index (χ4n) is 3.23. The molecule has 9 nitrogen and oxygen atoms in total. The third-order valence-electron chi connectivity index (χ3n) is 4.80. The summed E-state index contributed by atoms with van der Waals surface area (Å²) in [6.07, 6.45) is 3.37. The molecule has 4 aromatic heterocycles. The van der Waals surface area contributed by atoms with Gasteiger partial charge in [-0.05, 0) is 24.3 Å². The molecular weight excluding hydrogens is 425 g/mol. The first-order chi connectivity index (χ1) is 15.0. The highest BCUT2D eigenvalue weighted by Gasteiger charge is 2.20. The van der Waals surface area contributed by atoms with Crippen molar-refractivity contribution in [3.63, 3.8) is 0 Å². The summed E-state index contributed by atoms with van der Waals surface area (Å²) in [6, 6.07) is 7.23. The molecule has 0 unspecified atom stereocenters. The van der Waals surface area contributed by atoms with Crippen LogP contribution in [0.5, 0.6) is 0 Å². The van der Waals surface area contributed by atoms with Gasteiger partial charge in [-0.3, -0.25) is 4.79 Å². The standard InChI is InChI=1S/C20H14FN5O4S/c21-16-3-1-2-13(23-16)11-6-18(27)26(22-8-11)10-17-24-19-14(7-15(31-19)20(28)29)25(17)9-12-4-5-30-12/h1-4,6-8H,5,9-10H2,(H,28,29). The van der Waals surface area contributed by atoms with Crippen molar-refractivity contribution in [2.75, 3.05) is 6.61 Å². The van der Waals surface area contributed by atoms with Crippen LogP contribution < -0.4 is 5.56 Å². The lowest BCUT2D eigenvalue weighted by molar-refractivity contribution is 0.0702. The first-order valence-electron chi connectivity index (χ1n) is 9.22. The Kier molecular flexibility index (Phi) is 4.59. The van der Waals surface area contributed by atoms with Crippen LogP contribution in [0.3, 0.4) is 0 Å². The van der Waals surface area contributed by atoms with Crippen molar-refractivity contribution in [1.29, 1.82) is 0 Å². The van der Waals surface area contributed by atoms with Gasteiger partial charge in [-0.25, -0.2) is 19.4 Å². The molecule has 0 spiro atoms. The van der Waals surface area contributed by atoms with Gasteiger partial charge in [-0.15, -0.1) is 11.3 Å². The lowest BCUT2D eigenvalue weighted by Crippen LogP contribution is -2.25. The summed E-state index contributed by atoms with van der Waals surface area (Å²) in [4.78, 5) is 33.0. The number of aromatic nitrogens is 5. The maximum atomic E-state index is 13.4. The number of carboxylic acids is 1. The van der Waals surface area contributed by atoms with E-state index in [0.29, 0.717) is 40.6 Å². The van der Waals surface area contributed by atoms with Gasteiger partial charge in [0.15, 0.2) is 0 Å². The average molecular weight is 439 g/mol. The number of carbonyl (C=O) groups is 1. The van der Waals surface area contributed by atoms with Crippen molar-refractivity contribution in [2.45, 2.75) is 13.1 Å². The average Bonchev–Trinajstić information content (AvgIpc) is 3.25. The van der Waals surface area contributed by atoms with Gasteiger partial charge in [-0.1, -0.05) is 6.07 Å². The molecule has 1 aliphatic rings. The number of aromatic carboxylic acids is 1. The fraction of sp³-hybridized carbons (Fsp3) is 0.150. The molecular formula is C20H14FN5O4S.